The lowest BCUT2D eigenvalue weighted by molar-refractivity contribution is 0.420. The summed E-state index contributed by atoms with van der Waals surface area (Å²) < 4.78 is 0. The van der Waals surface area contributed by atoms with Crippen molar-refractivity contribution in [3.8, 4) is 11.3 Å². The zero-order chi connectivity index (χ0) is 14.1. The Morgan fingerprint density at radius 1 is 1.25 bits per heavy atom. The second-order valence-electron chi connectivity index (χ2n) is 5.86. The summed E-state index contributed by atoms with van der Waals surface area (Å²) in [4.78, 5) is 19.3. The summed E-state index contributed by atoms with van der Waals surface area (Å²) in [5.41, 5.74) is 4.10. The predicted octanol–water partition coefficient (Wildman–Crippen LogP) is 3.83. The van der Waals surface area contributed by atoms with Crippen LogP contribution in [0.25, 0.3) is 11.3 Å². The van der Waals surface area contributed by atoms with Gasteiger partial charge >= 0.3 is 0 Å². The van der Waals surface area contributed by atoms with Crippen LogP contribution in [0.3, 0.4) is 0 Å². The van der Waals surface area contributed by atoms with Crippen molar-refractivity contribution < 1.29 is 0 Å². The van der Waals surface area contributed by atoms with Gasteiger partial charge in [0.1, 0.15) is 0 Å². The maximum atomic E-state index is 12.1. The second-order valence-corrected chi connectivity index (χ2v) is 5.86. The molecule has 20 heavy (non-hydrogen) atoms. The third-order valence-corrected chi connectivity index (χ3v) is 4.23. The van der Waals surface area contributed by atoms with E-state index in [1.54, 1.807) is 0 Å². The molecule has 1 aliphatic rings. The minimum atomic E-state index is -0.0200. The van der Waals surface area contributed by atoms with E-state index in [9.17, 15) is 4.79 Å². The van der Waals surface area contributed by atoms with Gasteiger partial charge in [-0.2, -0.15) is 0 Å². The molecule has 0 radical (unpaired) electrons. The van der Waals surface area contributed by atoms with Crippen molar-refractivity contribution in [1.29, 1.82) is 0 Å². The van der Waals surface area contributed by atoms with Crippen molar-refractivity contribution in [3.63, 3.8) is 0 Å². The predicted molar refractivity (Wildman–Crippen MR) is 81.0 cm³/mol. The molecule has 104 valence electrons. The normalized spacial score (nSPS) is 15.3. The highest BCUT2D eigenvalue weighted by Gasteiger charge is 2.24. The molecule has 1 aliphatic carbocycles. The van der Waals surface area contributed by atoms with E-state index in [0.717, 1.165) is 16.8 Å². The first-order valence-corrected chi connectivity index (χ1v) is 7.35. The fraction of sp³-hybridized carbons (Fsp3) is 0.412. The molecule has 1 fully saturated rings. The van der Waals surface area contributed by atoms with Crippen molar-refractivity contribution in [3.05, 3.63) is 52.1 Å². The maximum Gasteiger partial charge on any atom is 0.254 e. The van der Waals surface area contributed by atoms with E-state index in [4.69, 9.17) is 0 Å². The van der Waals surface area contributed by atoms with Gasteiger partial charge in [0.25, 0.3) is 5.56 Å². The van der Waals surface area contributed by atoms with Crippen LogP contribution in [0.15, 0.2) is 35.4 Å². The minimum absolute atomic E-state index is 0.0200. The zero-order valence-corrected chi connectivity index (χ0v) is 12.0. The molecule has 0 atom stereocenters. The first kappa shape index (κ1) is 13.1. The number of hydrogen-bond acceptors (Lipinski definition) is 2. The minimum Gasteiger partial charge on any atom is -0.313 e. The van der Waals surface area contributed by atoms with Crippen LogP contribution in [-0.4, -0.2) is 9.97 Å². The summed E-state index contributed by atoms with van der Waals surface area (Å²) in [7, 11) is 0. The largest absolute Gasteiger partial charge is 0.313 e. The molecular weight excluding hydrogens is 248 g/mol. The molecule has 1 N–H and O–H groups in total. The molecule has 0 saturated heterocycles. The number of nitrogens with one attached hydrogen (secondary N) is 1. The average molecular weight is 268 g/mol. The van der Waals surface area contributed by atoms with E-state index in [1.807, 2.05) is 19.9 Å². The third kappa shape index (κ3) is 2.17. The summed E-state index contributed by atoms with van der Waals surface area (Å²) in [6.07, 6.45) is 5.31. The molecule has 0 aliphatic heterocycles. The van der Waals surface area contributed by atoms with Gasteiger partial charge in [-0.15, -0.1) is 0 Å². The van der Waals surface area contributed by atoms with Gasteiger partial charge in [0, 0.05) is 11.1 Å². The molecule has 1 aromatic carbocycles. The Bertz CT molecular complexity index is 669. The molecule has 3 rings (SSSR count). The quantitative estimate of drug-likeness (QED) is 0.919. The van der Waals surface area contributed by atoms with Crippen molar-refractivity contribution in [2.24, 2.45) is 0 Å². The number of H-pyrrole nitrogens is 1. The van der Waals surface area contributed by atoms with Crippen molar-refractivity contribution >= 4 is 0 Å². The Morgan fingerprint density at radius 2 is 2.00 bits per heavy atom. The summed E-state index contributed by atoms with van der Waals surface area (Å²) >= 11 is 0. The van der Waals surface area contributed by atoms with Crippen LogP contribution in [0.1, 0.15) is 56.1 Å². The van der Waals surface area contributed by atoms with Crippen LogP contribution in [0.2, 0.25) is 0 Å². The van der Waals surface area contributed by atoms with E-state index in [2.05, 4.69) is 28.2 Å². The van der Waals surface area contributed by atoms with Gasteiger partial charge in [-0.25, -0.2) is 4.98 Å². The van der Waals surface area contributed by atoms with E-state index >= 15 is 0 Å². The molecular formula is C17H20N2O. The number of aromatic nitrogens is 2. The molecule has 1 saturated carbocycles. The third-order valence-electron chi connectivity index (χ3n) is 4.23. The lowest BCUT2D eigenvalue weighted by Crippen LogP contribution is -2.17. The fourth-order valence-corrected chi connectivity index (χ4v) is 2.95. The van der Waals surface area contributed by atoms with Gasteiger partial charge in [-0.3, -0.25) is 4.79 Å². The zero-order valence-electron chi connectivity index (χ0n) is 12.0. The van der Waals surface area contributed by atoms with E-state index < -0.39 is 0 Å². The molecule has 0 amide bonds. The van der Waals surface area contributed by atoms with E-state index in [1.165, 1.54) is 31.2 Å². The number of nitrogens with zero attached hydrogens (tertiary/aromatic N) is 1. The first-order chi connectivity index (χ1) is 9.68. The Labute approximate surface area is 119 Å². The highest BCUT2D eigenvalue weighted by atomic mass is 16.1. The highest BCUT2D eigenvalue weighted by molar-refractivity contribution is 5.68. The molecule has 0 unspecified atom stereocenters. The van der Waals surface area contributed by atoms with Crippen LogP contribution < -0.4 is 5.56 Å². The lowest BCUT2D eigenvalue weighted by Gasteiger charge is -2.28. The average Bonchev–Trinajstić information content (AvgIpc) is 2.36. The van der Waals surface area contributed by atoms with Crippen LogP contribution >= 0.6 is 0 Å². The molecule has 3 nitrogen and oxygen atoms in total. The SMILES string of the molecule is CC(C)c1c(-c2ccccc2C2CCC2)nc[nH]c1=O. The molecule has 3 heteroatoms. The molecule has 1 aromatic heterocycles. The Morgan fingerprint density at radius 3 is 2.65 bits per heavy atom. The van der Waals surface area contributed by atoms with Crippen molar-refractivity contribution in [2.45, 2.75) is 44.9 Å². The number of benzene rings is 1. The second kappa shape index (κ2) is 5.23. The summed E-state index contributed by atoms with van der Waals surface area (Å²) in [6.45, 7) is 4.09. The Hall–Kier alpha value is -1.90. The van der Waals surface area contributed by atoms with Gasteiger partial charge in [0.15, 0.2) is 0 Å². The molecule has 1 heterocycles. The number of rotatable bonds is 3. The van der Waals surface area contributed by atoms with Gasteiger partial charge < -0.3 is 4.98 Å². The highest BCUT2D eigenvalue weighted by Crippen LogP contribution is 2.41. The monoisotopic (exact) mass is 268 g/mol. The molecule has 0 bridgehead atoms. The van der Waals surface area contributed by atoms with Crippen LogP contribution in [-0.2, 0) is 0 Å². The van der Waals surface area contributed by atoms with Gasteiger partial charge in [-0.1, -0.05) is 44.5 Å². The summed E-state index contributed by atoms with van der Waals surface area (Å²) in [5.74, 6) is 0.796. The maximum absolute atomic E-state index is 12.1. The van der Waals surface area contributed by atoms with Crippen molar-refractivity contribution in [1.82, 2.24) is 9.97 Å². The standard InChI is InChI=1S/C17H20N2O/c1-11(2)15-16(18-10-19-17(15)20)14-9-4-3-8-13(14)12-6-5-7-12/h3-4,8-12H,5-7H2,1-2H3,(H,18,19,20). The smallest absolute Gasteiger partial charge is 0.254 e. The topological polar surface area (TPSA) is 45.8 Å². The lowest BCUT2D eigenvalue weighted by atomic mass is 9.77. The Balaban J connectivity index is 2.19. The fourth-order valence-electron chi connectivity index (χ4n) is 2.95. The van der Waals surface area contributed by atoms with E-state index in [-0.39, 0.29) is 11.5 Å². The summed E-state index contributed by atoms with van der Waals surface area (Å²) in [5, 5.41) is 0. The van der Waals surface area contributed by atoms with Gasteiger partial charge in [0.05, 0.1) is 12.0 Å². The molecule has 0 spiro atoms. The number of hydrogen-bond donors (Lipinski definition) is 1. The van der Waals surface area contributed by atoms with Gasteiger partial charge in [-0.05, 0) is 30.2 Å². The van der Waals surface area contributed by atoms with Gasteiger partial charge in [0.2, 0.25) is 0 Å². The molecule has 2 aromatic rings. The van der Waals surface area contributed by atoms with Crippen LogP contribution in [0.4, 0.5) is 0 Å². The van der Waals surface area contributed by atoms with Crippen molar-refractivity contribution in [2.75, 3.05) is 0 Å². The van der Waals surface area contributed by atoms with Crippen LogP contribution in [0.5, 0.6) is 0 Å². The summed E-state index contributed by atoms with van der Waals surface area (Å²) in [6, 6.07) is 8.40. The number of aromatic amines is 1. The first-order valence-electron chi connectivity index (χ1n) is 7.35. The van der Waals surface area contributed by atoms with E-state index in [0.29, 0.717) is 5.92 Å². The Kier molecular flexibility index (Phi) is 3.43. The van der Waals surface area contributed by atoms with Crippen LogP contribution in [0, 0.1) is 0 Å².